The van der Waals surface area contributed by atoms with Crippen LogP contribution in [-0.4, -0.2) is 17.8 Å². The van der Waals surface area contributed by atoms with Gasteiger partial charge in [-0.1, -0.05) is 147 Å². The number of rotatable bonds is 4. The number of anilines is 4. The summed E-state index contributed by atoms with van der Waals surface area (Å²) in [5.41, 5.74) is 13.8. The Kier molecular flexibility index (Phi) is 14.2. The van der Waals surface area contributed by atoms with E-state index in [1.165, 1.54) is 44.5 Å². The summed E-state index contributed by atoms with van der Waals surface area (Å²) < 4.78 is 5.96. The summed E-state index contributed by atoms with van der Waals surface area (Å²) >= 11 is 0. The van der Waals surface area contributed by atoms with Gasteiger partial charge in [0.25, 0.3) is 0 Å². The van der Waals surface area contributed by atoms with E-state index < -0.39 is 0 Å². The van der Waals surface area contributed by atoms with E-state index in [2.05, 4.69) is 178 Å². The second-order valence-corrected chi connectivity index (χ2v) is 17.2. The molecule has 2 heterocycles. The van der Waals surface area contributed by atoms with E-state index in [0.717, 1.165) is 22.9 Å². The molecule has 0 amide bonds. The predicted octanol–water partition coefficient (Wildman–Crippen LogP) is 13.6. The average Bonchev–Trinajstić information content (AvgIpc) is 3.16. The third kappa shape index (κ3) is 9.01. The highest BCUT2D eigenvalue weighted by Crippen LogP contribution is 2.49. The Labute approximate surface area is 336 Å². The fourth-order valence-corrected chi connectivity index (χ4v) is 7.97. The molecule has 0 fully saturated rings. The van der Waals surface area contributed by atoms with Gasteiger partial charge in [0, 0.05) is 22.5 Å². The van der Waals surface area contributed by atoms with Crippen LogP contribution in [0.1, 0.15) is 145 Å². The highest BCUT2D eigenvalue weighted by Gasteiger charge is 2.40. The molecular weight excluding hydrogens is 667 g/mol. The van der Waals surface area contributed by atoms with Gasteiger partial charge in [0.2, 0.25) is 6.71 Å². The molecule has 0 saturated carbocycles. The zero-order chi connectivity index (χ0) is 40.8. The molecule has 0 spiro atoms. The lowest BCUT2D eigenvalue weighted by molar-refractivity contribution is 0.451. The van der Waals surface area contributed by atoms with Crippen molar-refractivity contribution in [2.75, 3.05) is 9.80 Å². The first-order valence-corrected chi connectivity index (χ1v) is 20.9. The normalized spacial score (nSPS) is 12.9. The first-order valence-electron chi connectivity index (χ1n) is 20.9. The van der Waals surface area contributed by atoms with Crippen LogP contribution < -0.4 is 30.9 Å². The van der Waals surface area contributed by atoms with E-state index in [4.69, 9.17) is 4.74 Å². The van der Waals surface area contributed by atoms with E-state index in [-0.39, 0.29) is 17.8 Å². The first kappa shape index (κ1) is 43.3. The summed E-state index contributed by atoms with van der Waals surface area (Å²) in [6.45, 7) is 35.9. The van der Waals surface area contributed by atoms with Crippen LogP contribution in [0.15, 0.2) is 109 Å². The summed E-state index contributed by atoms with van der Waals surface area (Å²) in [6.07, 6.45) is 0. The Hall–Kier alpha value is -4.44. The summed E-state index contributed by atoms with van der Waals surface area (Å²) in [6, 6.07) is 39.5. The molecule has 0 saturated heterocycles. The second-order valence-electron chi connectivity index (χ2n) is 17.2. The Balaban J connectivity index is 0.000000257. The van der Waals surface area contributed by atoms with Crippen molar-refractivity contribution < 1.29 is 4.74 Å². The minimum absolute atomic E-state index is 0.00991. The van der Waals surface area contributed by atoms with Crippen molar-refractivity contribution in [3.05, 3.63) is 126 Å². The van der Waals surface area contributed by atoms with E-state index in [0.29, 0.717) is 17.8 Å². The van der Waals surface area contributed by atoms with Crippen molar-refractivity contribution in [3.63, 3.8) is 0 Å². The molecule has 0 atom stereocenters. The SMILES string of the molecule is CC.CC.CC(C)(C)N1c2ccccc2Oc2ccccc21.CC(C)c1cc(C(C)C)c(B2c3ccccc3N(C(C)(C)C)c3ccccc32)c(C(C)C)c1. The lowest BCUT2D eigenvalue weighted by Crippen LogP contribution is -2.61. The smallest absolute Gasteiger partial charge is 0.247 e. The molecule has 0 bridgehead atoms. The van der Waals surface area contributed by atoms with E-state index >= 15 is 0 Å². The molecule has 2 aliphatic heterocycles. The van der Waals surface area contributed by atoms with Crippen molar-refractivity contribution in [2.45, 2.75) is 140 Å². The number of benzene rings is 5. The van der Waals surface area contributed by atoms with Gasteiger partial charge in [-0.3, -0.25) is 0 Å². The zero-order valence-electron chi connectivity index (χ0n) is 37.0. The highest BCUT2D eigenvalue weighted by atomic mass is 16.5. The lowest BCUT2D eigenvalue weighted by atomic mass is 9.33. The zero-order valence-corrected chi connectivity index (χ0v) is 37.0. The Morgan fingerprint density at radius 3 is 1.13 bits per heavy atom. The van der Waals surface area contributed by atoms with Gasteiger partial charge in [0.05, 0.1) is 11.4 Å². The standard InChI is InChI=1S/C31H40BN.C16H17NO.2C2H6/c1-20(2)23-18-24(21(3)4)30(25(19-23)22(5)6)32-26-14-10-12-16-28(26)33(31(7,8)9)29-17-13-11-15-27(29)32;1-16(2,3)17-12-8-4-6-10-14(12)18-15-11-7-5-9-13(15)17;2*1-2/h10-22H,1-9H3;4-11H,1-3H3;2*1-2H3. The van der Waals surface area contributed by atoms with Gasteiger partial charge in [-0.25, -0.2) is 0 Å². The molecular formula is C51H69BN2O. The fourth-order valence-electron chi connectivity index (χ4n) is 7.97. The number of nitrogens with zero attached hydrogens (tertiary/aromatic N) is 2. The molecule has 55 heavy (non-hydrogen) atoms. The third-order valence-electron chi connectivity index (χ3n) is 10.2. The molecule has 0 aromatic heterocycles. The molecule has 2 aliphatic rings. The molecule has 0 radical (unpaired) electrons. The molecule has 292 valence electrons. The Morgan fingerprint density at radius 1 is 0.455 bits per heavy atom. The largest absolute Gasteiger partial charge is 0.453 e. The summed E-state index contributed by atoms with van der Waals surface area (Å²) in [5.74, 6) is 3.31. The minimum atomic E-state index is -0.0135. The van der Waals surface area contributed by atoms with Gasteiger partial charge in [-0.15, -0.1) is 0 Å². The minimum Gasteiger partial charge on any atom is -0.453 e. The van der Waals surface area contributed by atoms with Gasteiger partial charge in [0.15, 0.2) is 11.5 Å². The van der Waals surface area contributed by atoms with Gasteiger partial charge >= 0.3 is 0 Å². The van der Waals surface area contributed by atoms with Crippen LogP contribution in [0.5, 0.6) is 11.5 Å². The van der Waals surface area contributed by atoms with Gasteiger partial charge in [-0.05, 0) is 123 Å². The van der Waals surface area contributed by atoms with Gasteiger partial charge in [0.1, 0.15) is 0 Å². The van der Waals surface area contributed by atoms with Crippen LogP contribution in [0.2, 0.25) is 0 Å². The second kappa shape index (κ2) is 18.0. The van der Waals surface area contributed by atoms with Crippen molar-refractivity contribution in [1.29, 1.82) is 0 Å². The summed E-state index contributed by atoms with van der Waals surface area (Å²) in [5, 5.41) is 0. The topological polar surface area (TPSA) is 15.7 Å². The maximum Gasteiger partial charge on any atom is 0.247 e. The van der Waals surface area contributed by atoms with Crippen LogP contribution in [0.25, 0.3) is 0 Å². The number of hydrogen-bond donors (Lipinski definition) is 0. The maximum atomic E-state index is 5.96. The van der Waals surface area contributed by atoms with E-state index in [1.54, 1.807) is 0 Å². The molecule has 4 heteroatoms. The van der Waals surface area contributed by atoms with E-state index in [1.807, 2.05) is 52.0 Å². The molecule has 3 nitrogen and oxygen atoms in total. The Bertz CT molecular complexity index is 1890. The van der Waals surface area contributed by atoms with Crippen LogP contribution in [-0.2, 0) is 0 Å². The summed E-state index contributed by atoms with van der Waals surface area (Å²) in [7, 11) is 0. The van der Waals surface area contributed by atoms with E-state index in [9.17, 15) is 0 Å². The molecule has 0 aliphatic carbocycles. The van der Waals surface area contributed by atoms with Crippen molar-refractivity contribution in [2.24, 2.45) is 0 Å². The molecule has 0 unspecified atom stereocenters. The summed E-state index contributed by atoms with van der Waals surface area (Å²) in [4.78, 5) is 4.88. The van der Waals surface area contributed by atoms with Crippen molar-refractivity contribution in [1.82, 2.24) is 0 Å². The van der Waals surface area contributed by atoms with Gasteiger partial charge in [-0.2, -0.15) is 0 Å². The first-order chi connectivity index (χ1) is 26.1. The van der Waals surface area contributed by atoms with Crippen molar-refractivity contribution in [3.8, 4) is 11.5 Å². The van der Waals surface area contributed by atoms with Crippen LogP contribution in [0.4, 0.5) is 22.7 Å². The highest BCUT2D eigenvalue weighted by molar-refractivity contribution is 6.98. The Morgan fingerprint density at radius 2 is 0.782 bits per heavy atom. The molecule has 5 aromatic rings. The van der Waals surface area contributed by atoms with Crippen LogP contribution in [0, 0.1) is 0 Å². The number of para-hydroxylation sites is 6. The fraction of sp³-hybridized carbons (Fsp3) is 0.412. The third-order valence-corrected chi connectivity index (χ3v) is 10.2. The van der Waals surface area contributed by atoms with Gasteiger partial charge < -0.3 is 14.5 Å². The molecule has 0 N–H and O–H groups in total. The van der Waals surface area contributed by atoms with Crippen molar-refractivity contribution >= 4 is 45.9 Å². The number of ether oxygens (including phenoxy) is 1. The average molecular weight is 737 g/mol. The molecule has 5 aromatic carbocycles. The predicted molar refractivity (Wildman–Crippen MR) is 246 cm³/mol. The monoisotopic (exact) mass is 737 g/mol. The number of fused-ring (bicyclic) bond motifs is 4. The quantitative estimate of drug-likeness (QED) is 0.171. The number of hydrogen-bond acceptors (Lipinski definition) is 3. The molecule has 7 rings (SSSR count). The lowest BCUT2D eigenvalue weighted by Gasteiger charge is -2.45. The van der Waals surface area contributed by atoms with Crippen LogP contribution in [0.3, 0.4) is 0 Å². The maximum absolute atomic E-state index is 5.96. The van der Waals surface area contributed by atoms with Crippen LogP contribution >= 0.6 is 0 Å².